The maximum atomic E-state index is 5.14. The SMILES string of the molecule is C=CC1(/C=C/CC)CO1. The molecule has 0 aromatic rings. The van der Waals surface area contributed by atoms with E-state index in [2.05, 4.69) is 25.7 Å². The largest absolute Gasteiger partial charge is 0.361 e. The summed E-state index contributed by atoms with van der Waals surface area (Å²) in [6, 6.07) is 0. The summed E-state index contributed by atoms with van der Waals surface area (Å²) in [5, 5.41) is 0. The van der Waals surface area contributed by atoms with Gasteiger partial charge in [-0.15, -0.1) is 0 Å². The molecule has 0 radical (unpaired) electrons. The van der Waals surface area contributed by atoms with E-state index in [0.717, 1.165) is 13.0 Å². The Morgan fingerprint density at radius 2 is 2.44 bits per heavy atom. The monoisotopic (exact) mass is 124 g/mol. The zero-order chi connectivity index (χ0) is 6.74. The first kappa shape index (κ1) is 6.56. The number of allylic oxidation sites excluding steroid dienone is 1. The molecule has 1 atom stereocenters. The van der Waals surface area contributed by atoms with E-state index in [9.17, 15) is 0 Å². The topological polar surface area (TPSA) is 12.5 Å². The lowest BCUT2D eigenvalue weighted by atomic mass is 10.1. The summed E-state index contributed by atoms with van der Waals surface area (Å²) < 4.78 is 5.14. The van der Waals surface area contributed by atoms with Gasteiger partial charge in [-0.1, -0.05) is 31.7 Å². The van der Waals surface area contributed by atoms with Crippen molar-refractivity contribution in [1.82, 2.24) is 0 Å². The van der Waals surface area contributed by atoms with Gasteiger partial charge < -0.3 is 4.74 Å². The molecule has 1 heterocycles. The van der Waals surface area contributed by atoms with Crippen molar-refractivity contribution >= 4 is 0 Å². The lowest BCUT2D eigenvalue weighted by Gasteiger charge is -1.93. The highest BCUT2D eigenvalue weighted by atomic mass is 16.6. The van der Waals surface area contributed by atoms with Crippen LogP contribution >= 0.6 is 0 Å². The molecule has 0 saturated carbocycles. The van der Waals surface area contributed by atoms with Gasteiger partial charge in [0.2, 0.25) is 0 Å². The Balaban J connectivity index is 2.41. The summed E-state index contributed by atoms with van der Waals surface area (Å²) in [5.74, 6) is 0. The predicted octanol–water partition coefficient (Wildman–Crippen LogP) is 1.91. The molecule has 0 amide bonds. The summed E-state index contributed by atoms with van der Waals surface area (Å²) in [4.78, 5) is 0. The smallest absolute Gasteiger partial charge is 0.128 e. The van der Waals surface area contributed by atoms with Crippen molar-refractivity contribution < 1.29 is 4.74 Å². The number of hydrogen-bond donors (Lipinski definition) is 0. The fourth-order valence-electron chi connectivity index (χ4n) is 0.683. The summed E-state index contributed by atoms with van der Waals surface area (Å²) >= 11 is 0. The number of hydrogen-bond acceptors (Lipinski definition) is 1. The van der Waals surface area contributed by atoms with Crippen LogP contribution in [-0.4, -0.2) is 12.2 Å². The zero-order valence-corrected chi connectivity index (χ0v) is 5.76. The van der Waals surface area contributed by atoms with Crippen LogP contribution in [0.3, 0.4) is 0 Å². The standard InChI is InChI=1S/C8H12O/c1-3-5-6-8(4-2)7-9-8/h4-6H,2-3,7H2,1H3/b6-5+. The lowest BCUT2D eigenvalue weighted by Crippen LogP contribution is -1.98. The van der Waals surface area contributed by atoms with Crippen molar-refractivity contribution in [2.24, 2.45) is 0 Å². The van der Waals surface area contributed by atoms with E-state index in [1.165, 1.54) is 0 Å². The minimum Gasteiger partial charge on any atom is -0.361 e. The number of ether oxygens (including phenoxy) is 1. The minimum atomic E-state index is -0.0734. The van der Waals surface area contributed by atoms with Crippen LogP contribution in [0.25, 0.3) is 0 Å². The van der Waals surface area contributed by atoms with Crippen LogP contribution in [-0.2, 0) is 4.74 Å². The molecule has 1 nitrogen and oxygen atoms in total. The second-order valence-electron chi connectivity index (χ2n) is 2.26. The molecular formula is C8H12O. The van der Waals surface area contributed by atoms with Gasteiger partial charge in [-0.2, -0.15) is 0 Å². The molecule has 1 unspecified atom stereocenters. The van der Waals surface area contributed by atoms with Crippen LogP contribution in [0, 0.1) is 0 Å². The fraction of sp³-hybridized carbons (Fsp3) is 0.500. The van der Waals surface area contributed by atoms with Crippen LogP contribution in [0.1, 0.15) is 13.3 Å². The van der Waals surface area contributed by atoms with Crippen LogP contribution in [0.5, 0.6) is 0 Å². The van der Waals surface area contributed by atoms with E-state index >= 15 is 0 Å². The maximum Gasteiger partial charge on any atom is 0.128 e. The number of rotatable bonds is 3. The molecular weight excluding hydrogens is 112 g/mol. The van der Waals surface area contributed by atoms with Gasteiger partial charge in [-0.05, 0) is 6.42 Å². The summed E-state index contributed by atoms with van der Waals surface area (Å²) in [5.41, 5.74) is -0.0734. The highest BCUT2D eigenvalue weighted by Gasteiger charge is 2.38. The Morgan fingerprint density at radius 3 is 2.78 bits per heavy atom. The molecule has 0 spiro atoms. The van der Waals surface area contributed by atoms with Crippen LogP contribution in [0.15, 0.2) is 24.8 Å². The molecule has 0 aliphatic carbocycles. The molecule has 50 valence electrons. The van der Waals surface area contributed by atoms with Gasteiger partial charge in [0.25, 0.3) is 0 Å². The Bertz CT molecular complexity index is 132. The maximum absolute atomic E-state index is 5.14. The molecule has 0 aromatic heterocycles. The average Bonchev–Trinajstić information content (AvgIpc) is 2.65. The first-order chi connectivity index (χ1) is 4.33. The van der Waals surface area contributed by atoms with Gasteiger partial charge in [-0.3, -0.25) is 0 Å². The summed E-state index contributed by atoms with van der Waals surface area (Å²) in [6.07, 6.45) is 7.09. The van der Waals surface area contributed by atoms with E-state index in [4.69, 9.17) is 4.74 Å². The Morgan fingerprint density at radius 1 is 1.78 bits per heavy atom. The van der Waals surface area contributed by atoms with Crippen molar-refractivity contribution in [2.45, 2.75) is 18.9 Å². The van der Waals surface area contributed by atoms with Gasteiger partial charge in [-0.25, -0.2) is 0 Å². The van der Waals surface area contributed by atoms with Crippen molar-refractivity contribution in [3.05, 3.63) is 24.8 Å². The molecule has 1 fully saturated rings. The van der Waals surface area contributed by atoms with Crippen molar-refractivity contribution in [2.75, 3.05) is 6.61 Å². The van der Waals surface area contributed by atoms with Crippen molar-refractivity contribution in [3.63, 3.8) is 0 Å². The molecule has 0 aromatic carbocycles. The van der Waals surface area contributed by atoms with E-state index < -0.39 is 0 Å². The second kappa shape index (κ2) is 2.36. The van der Waals surface area contributed by atoms with Crippen molar-refractivity contribution in [1.29, 1.82) is 0 Å². The van der Waals surface area contributed by atoms with Gasteiger partial charge in [0, 0.05) is 0 Å². The van der Waals surface area contributed by atoms with Crippen LogP contribution in [0.2, 0.25) is 0 Å². The summed E-state index contributed by atoms with van der Waals surface area (Å²) in [7, 11) is 0. The molecule has 1 aliphatic rings. The third kappa shape index (κ3) is 1.42. The van der Waals surface area contributed by atoms with Gasteiger partial charge in [0.15, 0.2) is 0 Å². The quantitative estimate of drug-likeness (QED) is 0.413. The minimum absolute atomic E-state index is 0.0734. The van der Waals surface area contributed by atoms with Crippen molar-refractivity contribution in [3.8, 4) is 0 Å². The predicted molar refractivity (Wildman–Crippen MR) is 38.3 cm³/mol. The lowest BCUT2D eigenvalue weighted by molar-refractivity contribution is 0.393. The van der Waals surface area contributed by atoms with E-state index in [-0.39, 0.29) is 5.60 Å². The molecule has 0 bridgehead atoms. The highest BCUT2D eigenvalue weighted by molar-refractivity contribution is 5.19. The first-order valence-electron chi connectivity index (χ1n) is 3.28. The Hall–Kier alpha value is -0.560. The second-order valence-corrected chi connectivity index (χ2v) is 2.26. The van der Waals surface area contributed by atoms with Crippen LogP contribution < -0.4 is 0 Å². The van der Waals surface area contributed by atoms with E-state index in [0.29, 0.717) is 0 Å². The zero-order valence-electron chi connectivity index (χ0n) is 5.76. The fourth-order valence-corrected chi connectivity index (χ4v) is 0.683. The van der Waals surface area contributed by atoms with E-state index in [1.54, 1.807) is 0 Å². The Labute approximate surface area is 56.0 Å². The third-order valence-corrected chi connectivity index (χ3v) is 1.46. The number of epoxide rings is 1. The van der Waals surface area contributed by atoms with Gasteiger partial charge >= 0.3 is 0 Å². The van der Waals surface area contributed by atoms with E-state index in [1.807, 2.05) is 6.08 Å². The normalized spacial score (nSPS) is 33.0. The molecule has 0 N–H and O–H groups in total. The molecule has 1 saturated heterocycles. The molecule has 1 rings (SSSR count). The first-order valence-corrected chi connectivity index (χ1v) is 3.28. The van der Waals surface area contributed by atoms with Gasteiger partial charge in [0.1, 0.15) is 5.60 Å². The molecule has 9 heavy (non-hydrogen) atoms. The summed E-state index contributed by atoms with van der Waals surface area (Å²) in [6.45, 7) is 6.59. The van der Waals surface area contributed by atoms with Crippen LogP contribution in [0.4, 0.5) is 0 Å². The third-order valence-electron chi connectivity index (χ3n) is 1.46. The van der Waals surface area contributed by atoms with Gasteiger partial charge in [0.05, 0.1) is 6.61 Å². The highest BCUT2D eigenvalue weighted by Crippen LogP contribution is 2.29. The molecule has 1 heteroatoms. The molecule has 1 aliphatic heterocycles. The Kier molecular flexibility index (Phi) is 1.72. The average molecular weight is 124 g/mol.